The van der Waals surface area contributed by atoms with E-state index < -0.39 is 0 Å². The van der Waals surface area contributed by atoms with Crippen molar-refractivity contribution in [1.29, 1.82) is 5.26 Å². The number of nitrogens with two attached hydrogens (primary N) is 1. The molecule has 2 aromatic carbocycles. The Morgan fingerprint density at radius 2 is 1.85 bits per heavy atom. The van der Waals surface area contributed by atoms with E-state index in [1.165, 1.54) is 0 Å². The van der Waals surface area contributed by atoms with Gasteiger partial charge in [0.15, 0.2) is 0 Å². The molecule has 2 aromatic rings. The summed E-state index contributed by atoms with van der Waals surface area (Å²) >= 11 is 3.52. The molecule has 0 radical (unpaired) electrons. The van der Waals surface area contributed by atoms with Gasteiger partial charge in [-0.3, -0.25) is 0 Å². The van der Waals surface area contributed by atoms with Gasteiger partial charge < -0.3 is 10.5 Å². The third kappa shape index (κ3) is 3.01. The van der Waals surface area contributed by atoms with Gasteiger partial charge in [-0.1, -0.05) is 22.0 Å². The van der Waals surface area contributed by atoms with Gasteiger partial charge in [-0.2, -0.15) is 5.26 Å². The lowest BCUT2D eigenvalue weighted by atomic mass is 10.1. The highest BCUT2D eigenvalue weighted by Crippen LogP contribution is 2.31. The zero-order chi connectivity index (χ0) is 14.7. The number of ether oxygens (including phenoxy) is 1. The summed E-state index contributed by atoms with van der Waals surface area (Å²) in [4.78, 5) is 0. The van der Waals surface area contributed by atoms with Gasteiger partial charge in [0.05, 0.1) is 5.56 Å². The van der Waals surface area contributed by atoms with Crippen LogP contribution in [0.3, 0.4) is 0 Å². The van der Waals surface area contributed by atoms with Gasteiger partial charge in [-0.05, 0) is 54.8 Å². The molecular formula is C16H15BrN2O. The molecule has 2 N–H and O–H groups in total. The number of hydrogen-bond donors (Lipinski definition) is 1. The van der Waals surface area contributed by atoms with Crippen LogP contribution < -0.4 is 10.5 Å². The molecule has 4 heteroatoms. The number of rotatable bonds is 3. The van der Waals surface area contributed by atoms with Crippen molar-refractivity contribution in [3.05, 3.63) is 57.1 Å². The number of hydrogen-bond acceptors (Lipinski definition) is 3. The Labute approximate surface area is 127 Å². The van der Waals surface area contributed by atoms with Crippen molar-refractivity contribution in [3.63, 3.8) is 0 Å². The van der Waals surface area contributed by atoms with Gasteiger partial charge in [-0.25, -0.2) is 0 Å². The molecule has 0 saturated heterocycles. The fourth-order valence-corrected chi connectivity index (χ4v) is 2.20. The van der Waals surface area contributed by atoms with E-state index in [4.69, 9.17) is 10.5 Å². The molecule has 2 rings (SSSR count). The highest BCUT2D eigenvalue weighted by Gasteiger charge is 2.08. The molecule has 0 aliphatic carbocycles. The second-order valence-corrected chi connectivity index (χ2v) is 5.41. The third-order valence-corrected chi connectivity index (χ3v) is 4.29. The highest BCUT2D eigenvalue weighted by atomic mass is 79.9. The summed E-state index contributed by atoms with van der Waals surface area (Å²) in [5, 5.41) is 9.19. The van der Waals surface area contributed by atoms with E-state index in [0.29, 0.717) is 17.9 Å². The number of halogens is 1. The largest absolute Gasteiger partial charge is 0.456 e. The molecule has 0 spiro atoms. The van der Waals surface area contributed by atoms with Crippen molar-refractivity contribution in [2.45, 2.75) is 20.4 Å². The van der Waals surface area contributed by atoms with Gasteiger partial charge in [-0.15, -0.1) is 0 Å². The zero-order valence-electron chi connectivity index (χ0n) is 11.4. The molecule has 20 heavy (non-hydrogen) atoms. The molecule has 0 amide bonds. The Balaban J connectivity index is 2.38. The van der Waals surface area contributed by atoms with Gasteiger partial charge in [0, 0.05) is 11.0 Å². The number of aryl methyl sites for hydroxylation is 2. The molecule has 0 saturated carbocycles. The summed E-state index contributed by atoms with van der Waals surface area (Å²) < 4.78 is 6.91. The third-order valence-electron chi connectivity index (χ3n) is 3.04. The molecule has 0 fully saturated rings. The first kappa shape index (κ1) is 14.6. The van der Waals surface area contributed by atoms with Crippen LogP contribution in [0.25, 0.3) is 0 Å². The van der Waals surface area contributed by atoms with Crippen LogP contribution >= 0.6 is 15.9 Å². The van der Waals surface area contributed by atoms with Crippen molar-refractivity contribution in [3.8, 4) is 17.6 Å². The summed E-state index contributed by atoms with van der Waals surface area (Å²) in [5.74, 6) is 1.27. The van der Waals surface area contributed by atoms with Crippen molar-refractivity contribution in [1.82, 2.24) is 0 Å². The topological polar surface area (TPSA) is 59.0 Å². The molecule has 0 aromatic heterocycles. The lowest BCUT2D eigenvalue weighted by Gasteiger charge is -2.11. The van der Waals surface area contributed by atoms with Crippen molar-refractivity contribution in [2.75, 3.05) is 0 Å². The Bertz CT molecular complexity index is 666. The quantitative estimate of drug-likeness (QED) is 0.917. The number of nitriles is 1. The van der Waals surface area contributed by atoms with E-state index in [2.05, 4.69) is 22.0 Å². The first-order valence-corrected chi connectivity index (χ1v) is 7.02. The first-order valence-electron chi connectivity index (χ1n) is 6.23. The van der Waals surface area contributed by atoms with Crippen LogP contribution in [0.15, 0.2) is 34.8 Å². The Kier molecular flexibility index (Phi) is 4.43. The van der Waals surface area contributed by atoms with E-state index in [1.54, 1.807) is 12.1 Å². The summed E-state index contributed by atoms with van der Waals surface area (Å²) in [6.07, 6.45) is 0. The van der Waals surface area contributed by atoms with Crippen LogP contribution in [-0.4, -0.2) is 0 Å². The van der Waals surface area contributed by atoms with Crippen molar-refractivity contribution >= 4 is 15.9 Å². The Hall–Kier alpha value is -1.83. The summed E-state index contributed by atoms with van der Waals surface area (Å²) in [6, 6.07) is 11.4. The Morgan fingerprint density at radius 1 is 1.20 bits per heavy atom. The molecule has 0 atom stereocenters. The van der Waals surface area contributed by atoms with Crippen LogP contribution in [0.2, 0.25) is 0 Å². The second-order valence-electron chi connectivity index (χ2n) is 4.62. The lowest BCUT2D eigenvalue weighted by Crippen LogP contribution is -1.98. The average molecular weight is 331 g/mol. The van der Waals surface area contributed by atoms with Crippen LogP contribution in [0.5, 0.6) is 11.5 Å². The predicted molar refractivity (Wildman–Crippen MR) is 82.7 cm³/mol. The minimum Gasteiger partial charge on any atom is -0.456 e. The summed E-state index contributed by atoms with van der Waals surface area (Å²) in [6.45, 7) is 4.42. The molecule has 0 aliphatic heterocycles. The molecule has 0 bridgehead atoms. The monoisotopic (exact) mass is 330 g/mol. The van der Waals surface area contributed by atoms with Crippen LogP contribution in [0, 0.1) is 25.2 Å². The van der Waals surface area contributed by atoms with E-state index >= 15 is 0 Å². The average Bonchev–Trinajstić information content (AvgIpc) is 2.45. The number of benzene rings is 2. The fraction of sp³-hybridized carbons (Fsp3) is 0.188. The smallest absolute Gasteiger partial charge is 0.145 e. The predicted octanol–water partition coefficient (Wildman–Crippen LogP) is 4.19. The van der Waals surface area contributed by atoms with E-state index in [1.807, 2.05) is 32.0 Å². The Morgan fingerprint density at radius 3 is 2.40 bits per heavy atom. The van der Waals surface area contributed by atoms with Crippen LogP contribution in [0.4, 0.5) is 0 Å². The molecule has 0 aliphatic rings. The maximum absolute atomic E-state index is 9.19. The minimum absolute atomic E-state index is 0.408. The first-order chi connectivity index (χ1) is 9.55. The lowest BCUT2D eigenvalue weighted by molar-refractivity contribution is 0.480. The van der Waals surface area contributed by atoms with Crippen LogP contribution in [-0.2, 0) is 6.54 Å². The molecule has 0 unspecified atom stereocenters. The van der Waals surface area contributed by atoms with Gasteiger partial charge in [0.25, 0.3) is 0 Å². The second kappa shape index (κ2) is 6.08. The van der Waals surface area contributed by atoms with Crippen molar-refractivity contribution in [2.24, 2.45) is 5.73 Å². The van der Waals surface area contributed by atoms with E-state index in [-0.39, 0.29) is 0 Å². The molecular weight excluding hydrogens is 316 g/mol. The van der Waals surface area contributed by atoms with Gasteiger partial charge in [0.2, 0.25) is 0 Å². The maximum atomic E-state index is 9.19. The SMILES string of the molecule is Cc1cc(Oc2ccc(CN)cc2C#N)cc(C)c1Br. The molecule has 3 nitrogen and oxygen atoms in total. The van der Waals surface area contributed by atoms with Gasteiger partial charge in [0.1, 0.15) is 17.6 Å². The highest BCUT2D eigenvalue weighted by molar-refractivity contribution is 9.10. The molecule has 102 valence electrons. The summed E-state index contributed by atoms with van der Waals surface area (Å²) in [7, 11) is 0. The normalized spacial score (nSPS) is 10.2. The number of nitrogens with zero attached hydrogens (tertiary/aromatic N) is 1. The minimum atomic E-state index is 0.408. The van der Waals surface area contributed by atoms with E-state index in [9.17, 15) is 5.26 Å². The maximum Gasteiger partial charge on any atom is 0.145 e. The standard InChI is InChI=1S/C16H15BrN2O/c1-10-5-14(6-11(2)16(10)17)20-15-4-3-12(8-18)7-13(15)9-19/h3-7H,8,18H2,1-2H3. The van der Waals surface area contributed by atoms with E-state index in [0.717, 1.165) is 26.9 Å². The van der Waals surface area contributed by atoms with Crippen LogP contribution in [0.1, 0.15) is 22.3 Å². The zero-order valence-corrected chi connectivity index (χ0v) is 13.0. The summed E-state index contributed by atoms with van der Waals surface area (Å²) in [5.41, 5.74) is 9.17. The van der Waals surface area contributed by atoms with Crippen molar-refractivity contribution < 1.29 is 4.74 Å². The fourth-order valence-electron chi connectivity index (χ4n) is 1.97. The van der Waals surface area contributed by atoms with Gasteiger partial charge >= 0.3 is 0 Å². The molecule has 0 heterocycles.